The van der Waals surface area contributed by atoms with Crippen LogP contribution in [0.1, 0.15) is 33.4 Å². The third kappa shape index (κ3) is 10.1. The first-order valence-corrected chi connectivity index (χ1v) is 22.3. The minimum absolute atomic E-state index is 0.304. The van der Waals surface area contributed by atoms with Crippen molar-refractivity contribution in [1.82, 2.24) is 0 Å². The number of anilines is 6. The normalized spacial score (nSPS) is 11.4. The summed E-state index contributed by atoms with van der Waals surface area (Å²) >= 11 is 0. The molecule has 0 aliphatic carbocycles. The van der Waals surface area contributed by atoms with E-state index in [2.05, 4.69) is 189 Å². The van der Waals surface area contributed by atoms with Crippen molar-refractivity contribution in [2.45, 2.75) is 33.7 Å². The van der Waals surface area contributed by atoms with E-state index in [0.29, 0.717) is 15.8 Å². The van der Waals surface area contributed by atoms with Crippen LogP contribution in [0.15, 0.2) is 151 Å². The fourth-order valence-electron chi connectivity index (χ4n) is 6.75. The monoisotopic (exact) mass is 800 g/mol. The maximum Gasteiger partial charge on any atom is 0.504 e. The van der Waals surface area contributed by atoms with E-state index in [-0.39, 0.29) is 0 Å². The van der Waals surface area contributed by atoms with E-state index in [0.717, 1.165) is 56.4 Å². The molecule has 2 radical (unpaired) electrons. The van der Waals surface area contributed by atoms with E-state index >= 15 is 0 Å². The van der Waals surface area contributed by atoms with Crippen LogP contribution < -0.4 is 9.80 Å². The molecule has 6 rings (SSSR count). The predicted octanol–water partition coefficient (Wildman–Crippen LogP) is 12.8. The number of hydrogen-bond donors (Lipinski definition) is 0. The quantitative estimate of drug-likeness (QED) is 0.0717. The molecule has 0 bridgehead atoms. The SMILES string of the molecule is CO[Si]C=C=Cc1ccc(N(c2ccc(-c3ccc(N(c4ccc(/C=C/C[Si](OC)(OC)OC)cc4)c4ccc(C)c(C)c4)cc3)cc2)c2ccc(C)c(C)c2)cc1. The molecule has 0 heterocycles. The molecule has 0 saturated heterocycles. The highest BCUT2D eigenvalue weighted by atomic mass is 28.4. The van der Waals surface area contributed by atoms with Crippen LogP contribution in [0.5, 0.6) is 0 Å². The van der Waals surface area contributed by atoms with Crippen molar-refractivity contribution >= 4 is 64.8 Å². The zero-order chi connectivity index (χ0) is 41.1. The van der Waals surface area contributed by atoms with Crippen molar-refractivity contribution in [3.63, 3.8) is 0 Å². The lowest BCUT2D eigenvalue weighted by Gasteiger charge is -2.27. The molecule has 0 fully saturated rings. The molecule has 0 unspecified atom stereocenters. The van der Waals surface area contributed by atoms with Crippen LogP contribution in [0.25, 0.3) is 23.3 Å². The lowest BCUT2D eigenvalue weighted by Crippen LogP contribution is -2.42. The maximum atomic E-state index is 5.58. The average molecular weight is 801 g/mol. The molecule has 6 nitrogen and oxygen atoms in total. The molecule has 0 aliphatic rings. The summed E-state index contributed by atoms with van der Waals surface area (Å²) < 4.78 is 21.9. The second-order valence-corrected chi connectivity index (χ2v) is 18.1. The zero-order valence-corrected chi connectivity index (χ0v) is 36.7. The topological polar surface area (TPSA) is 43.4 Å². The number of benzene rings is 6. The number of aryl methyl sites for hydroxylation is 4. The Labute approximate surface area is 348 Å². The van der Waals surface area contributed by atoms with Gasteiger partial charge in [-0.05, 0) is 157 Å². The van der Waals surface area contributed by atoms with Crippen LogP contribution in [0.3, 0.4) is 0 Å². The Bertz CT molecular complexity index is 2360. The van der Waals surface area contributed by atoms with Gasteiger partial charge in [0.1, 0.15) is 0 Å². The Hall–Kier alpha value is -5.55. The van der Waals surface area contributed by atoms with Crippen LogP contribution in [-0.4, -0.2) is 47.0 Å². The maximum absolute atomic E-state index is 5.58. The van der Waals surface area contributed by atoms with Gasteiger partial charge in [-0.15, -0.1) is 5.73 Å². The third-order valence-electron chi connectivity index (χ3n) is 10.5. The lowest BCUT2D eigenvalue weighted by molar-refractivity contribution is 0.127. The second kappa shape index (κ2) is 19.7. The summed E-state index contributed by atoms with van der Waals surface area (Å²) in [7, 11) is 4.23. The molecule has 6 aromatic rings. The molecule has 0 aliphatic heterocycles. The van der Waals surface area contributed by atoms with E-state index < -0.39 is 8.80 Å². The summed E-state index contributed by atoms with van der Waals surface area (Å²) in [4.78, 5) is 4.62. The van der Waals surface area contributed by atoms with Gasteiger partial charge in [-0.25, -0.2) is 0 Å². The van der Waals surface area contributed by atoms with Crippen molar-refractivity contribution < 1.29 is 17.7 Å². The highest BCUT2D eigenvalue weighted by molar-refractivity contribution is 6.61. The summed E-state index contributed by atoms with van der Waals surface area (Å²) in [6, 6.07) is 48.7. The average Bonchev–Trinajstić information content (AvgIpc) is 3.25. The molecule has 0 N–H and O–H groups in total. The van der Waals surface area contributed by atoms with Crippen molar-refractivity contribution in [2.75, 3.05) is 38.2 Å². The van der Waals surface area contributed by atoms with Gasteiger partial charge >= 0.3 is 8.80 Å². The first kappa shape index (κ1) is 42.1. The van der Waals surface area contributed by atoms with Crippen molar-refractivity contribution in [2.24, 2.45) is 0 Å². The van der Waals surface area contributed by atoms with E-state index in [1.54, 1.807) is 28.4 Å². The number of rotatable bonds is 16. The van der Waals surface area contributed by atoms with Gasteiger partial charge in [0.25, 0.3) is 9.76 Å². The molecule has 0 amide bonds. The van der Waals surface area contributed by atoms with Gasteiger partial charge in [-0.1, -0.05) is 72.8 Å². The van der Waals surface area contributed by atoms with Crippen LogP contribution in [0, 0.1) is 27.7 Å². The summed E-state index contributed by atoms with van der Waals surface area (Å²) in [6.07, 6.45) is 6.13. The Kier molecular flexibility index (Phi) is 14.3. The Morgan fingerprint density at radius 1 is 0.500 bits per heavy atom. The molecule has 0 saturated carbocycles. The molecular formula is C50H52N2O4Si2. The zero-order valence-electron chi connectivity index (χ0n) is 34.7. The number of allylic oxidation sites excluding steroid dienone is 1. The first-order valence-electron chi connectivity index (χ1n) is 19.3. The second-order valence-electron chi connectivity index (χ2n) is 14.2. The Balaban J connectivity index is 1.28. The van der Waals surface area contributed by atoms with E-state index in [4.69, 9.17) is 17.7 Å². The molecule has 6 aromatic carbocycles. The highest BCUT2D eigenvalue weighted by Crippen LogP contribution is 2.39. The fourth-order valence-corrected chi connectivity index (χ4v) is 8.43. The van der Waals surface area contributed by atoms with Crippen LogP contribution in [-0.2, 0) is 17.7 Å². The van der Waals surface area contributed by atoms with Gasteiger partial charge in [-0.2, -0.15) is 0 Å². The first-order chi connectivity index (χ1) is 28.2. The predicted molar refractivity (Wildman–Crippen MR) is 246 cm³/mol. The van der Waals surface area contributed by atoms with Crippen LogP contribution in [0.2, 0.25) is 6.04 Å². The Morgan fingerprint density at radius 2 is 0.897 bits per heavy atom. The lowest BCUT2D eigenvalue weighted by atomic mass is 10.0. The largest absolute Gasteiger partial charge is 0.504 e. The van der Waals surface area contributed by atoms with Gasteiger partial charge in [-0.3, -0.25) is 0 Å². The van der Waals surface area contributed by atoms with E-state index in [1.807, 2.05) is 11.8 Å². The van der Waals surface area contributed by atoms with E-state index in [9.17, 15) is 0 Å². The van der Waals surface area contributed by atoms with Crippen molar-refractivity contribution in [3.05, 3.63) is 184 Å². The smallest absolute Gasteiger partial charge is 0.415 e. The molecule has 0 aromatic heterocycles. The minimum Gasteiger partial charge on any atom is -0.415 e. The number of hydrogen-bond acceptors (Lipinski definition) is 6. The Morgan fingerprint density at radius 3 is 1.29 bits per heavy atom. The van der Waals surface area contributed by atoms with Gasteiger partial charge < -0.3 is 27.5 Å². The summed E-state index contributed by atoms with van der Waals surface area (Å²) in [5.74, 6) is 0. The molecule has 0 atom stereocenters. The molecular weight excluding hydrogens is 749 g/mol. The third-order valence-corrected chi connectivity index (χ3v) is 13.6. The van der Waals surface area contributed by atoms with Crippen LogP contribution in [0.4, 0.5) is 34.1 Å². The molecule has 8 heteroatoms. The molecule has 58 heavy (non-hydrogen) atoms. The summed E-state index contributed by atoms with van der Waals surface area (Å²) in [5, 5.41) is 0. The fraction of sp³-hybridized carbons (Fsp3) is 0.180. The van der Waals surface area contributed by atoms with Gasteiger partial charge in [0.15, 0.2) is 0 Å². The summed E-state index contributed by atoms with van der Waals surface area (Å²) in [6.45, 7) is 8.63. The van der Waals surface area contributed by atoms with Crippen LogP contribution >= 0.6 is 0 Å². The summed E-state index contributed by atoms with van der Waals surface area (Å²) in [5.41, 5.74) is 21.2. The molecule has 294 valence electrons. The van der Waals surface area contributed by atoms with Gasteiger partial charge in [0, 0.05) is 68.6 Å². The standard InChI is InChI=1S/C50H52N2O4Si2/c1-37-13-23-49(35-39(37)3)51(45-25-15-41(16-26-45)11-9-33-57-53-5)47-29-19-43(20-30-47)44-21-31-48(32-22-44)52(50-24-14-38(2)40(4)36-50)46-27-17-42(18-28-46)12-10-34-58(54-6,55-7)56-8/h10-33,35-36H,34H2,1-8H3/b12-10+. The minimum atomic E-state index is -2.68. The van der Waals surface area contributed by atoms with Gasteiger partial charge in [0.05, 0.1) is 0 Å². The number of nitrogens with zero attached hydrogens (tertiary/aromatic N) is 2. The van der Waals surface area contributed by atoms with Gasteiger partial charge in [0.2, 0.25) is 0 Å². The van der Waals surface area contributed by atoms with E-state index in [1.165, 1.54) is 22.3 Å². The van der Waals surface area contributed by atoms with Crippen molar-refractivity contribution in [3.8, 4) is 11.1 Å². The highest BCUT2D eigenvalue weighted by Gasteiger charge is 2.36. The van der Waals surface area contributed by atoms with Crippen molar-refractivity contribution in [1.29, 1.82) is 0 Å². The molecule has 0 spiro atoms.